The summed E-state index contributed by atoms with van der Waals surface area (Å²) in [6.45, 7) is 0.985. The molecule has 0 aromatic heterocycles. The Balaban J connectivity index is 2.27. The Morgan fingerprint density at radius 1 is 1.40 bits per heavy atom. The fraction of sp³-hybridized carbons (Fsp3) is 0.333. The van der Waals surface area contributed by atoms with E-state index in [1.165, 1.54) is 23.1 Å². The Morgan fingerprint density at radius 3 is 2.85 bits per heavy atom. The summed E-state index contributed by atoms with van der Waals surface area (Å²) in [6, 6.07) is 4.12. The zero-order valence-corrected chi connectivity index (χ0v) is 10.7. The molecular weight excluding hydrogens is 264 g/mol. The first-order chi connectivity index (χ1) is 9.50. The number of anilines is 1. The van der Waals surface area contributed by atoms with Crippen LogP contribution >= 0.6 is 0 Å². The summed E-state index contributed by atoms with van der Waals surface area (Å²) in [5, 5.41) is 13.5. The maximum absolute atomic E-state index is 12.3. The number of nitrogen functional groups attached to an aromatic ring is 1. The van der Waals surface area contributed by atoms with E-state index in [4.69, 9.17) is 5.73 Å². The zero-order valence-electron chi connectivity index (χ0n) is 10.7. The Bertz CT molecular complexity index is 573. The van der Waals surface area contributed by atoms with Crippen LogP contribution in [0.2, 0.25) is 0 Å². The van der Waals surface area contributed by atoms with Gasteiger partial charge in [0.15, 0.2) is 0 Å². The largest absolute Gasteiger partial charge is 0.393 e. The van der Waals surface area contributed by atoms with Gasteiger partial charge >= 0.3 is 0 Å². The second-order valence-electron chi connectivity index (χ2n) is 4.39. The van der Waals surface area contributed by atoms with Gasteiger partial charge in [-0.1, -0.05) is 6.07 Å². The number of amides is 2. The SMILES string of the molecule is Nc1c(C(=O)N2CCNC(=O)CC2)cccc1[N+](=O)[O-]. The van der Waals surface area contributed by atoms with E-state index in [2.05, 4.69) is 5.32 Å². The number of carbonyl (C=O) groups excluding carboxylic acids is 2. The summed E-state index contributed by atoms with van der Waals surface area (Å²) in [6.07, 6.45) is 0.209. The van der Waals surface area contributed by atoms with E-state index >= 15 is 0 Å². The summed E-state index contributed by atoms with van der Waals surface area (Å²) in [7, 11) is 0. The lowest BCUT2D eigenvalue weighted by atomic mass is 10.1. The summed E-state index contributed by atoms with van der Waals surface area (Å²) in [5.41, 5.74) is 5.34. The summed E-state index contributed by atoms with van der Waals surface area (Å²) < 4.78 is 0. The van der Waals surface area contributed by atoms with E-state index in [9.17, 15) is 19.7 Å². The molecule has 0 spiro atoms. The molecule has 106 valence electrons. The van der Waals surface area contributed by atoms with E-state index in [1.807, 2.05) is 0 Å². The third kappa shape index (κ3) is 2.68. The average molecular weight is 278 g/mol. The number of hydrogen-bond donors (Lipinski definition) is 2. The van der Waals surface area contributed by atoms with Crippen LogP contribution in [0.3, 0.4) is 0 Å². The van der Waals surface area contributed by atoms with Crippen molar-refractivity contribution in [1.82, 2.24) is 10.2 Å². The van der Waals surface area contributed by atoms with Gasteiger partial charge in [-0.3, -0.25) is 19.7 Å². The van der Waals surface area contributed by atoms with Crippen LogP contribution in [0.15, 0.2) is 18.2 Å². The molecule has 0 unspecified atom stereocenters. The van der Waals surface area contributed by atoms with Crippen LogP contribution in [0, 0.1) is 10.1 Å². The van der Waals surface area contributed by atoms with Gasteiger partial charge < -0.3 is 16.0 Å². The van der Waals surface area contributed by atoms with Crippen molar-refractivity contribution in [2.75, 3.05) is 25.4 Å². The van der Waals surface area contributed by atoms with Gasteiger partial charge in [-0.2, -0.15) is 0 Å². The summed E-state index contributed by atoms with van der Waals surface area (Å²) in [4.78, 5) is 35.2. The first-order valence-corrected chi connectivity index (χ1v) is 6.09. The van der Waals surface area contributed by atoms with Crippen molar-refractivity contribution in [2.24, 2.45) is 0 Å². The van der Waals surface area contributed by atoms with E-state index in [0.717, 1.165) is 0 Å². The highest BCUT2D eigenvalue weighted by molar-refractivity contribution is 6.01. The van der Waals surface area contributed by atoms with Gasteiger partial charge in [0, 0.05) is 32.1 Å². The van der Waals surface area contributed by atoms with Crippen molar-refractivity contribution in [2.45, 2.75) is 6.42 Å². The monoisotopic (exact) mass is 278 g/mol. The minimum atomic E-state index is -0.625. The molecule has 2 rings (SSSR count). The number of nitrogens with two attached hydrogens (primary N) is 1. The molecule has 0 aliphatic carbocycles. The molecule has 8 nitrogen and oxygen atoms in total. The van der Waals surface area contributed by atoms with E-state index in [0.29, 0.717) is 13.1 Å². The first kappa shape index (κ1) is 13.8. The minimum absolute atomic E-state index is 0.0912. The van der Waals surface area contributed by atoms with Crippen molar-refractivity contribution in [3.8, 4) is 0 Å². The van der Waals surface area contributed by atoms with Crippen LogP contribution in [-0.2, 0) is 4.79 Å². The second-order valence-corrected chi connectivity index (χ2v) is 4.39. The van der Waals surface area contributed by atoms with Crippen molar-refractivity contribution < 1.29 is 14.5 Å². The minimum Gasteiger partial charge on any atom is -0.393 e. The zero-order chi connectivity index (χ0) is 14.7. The van der Waals surface area contributed by atoms with Crippen LogP contribution in [-0.4, -0.2) is 41.3 Å². The molecular formula is C12H14N4O4. The molecule has 1 heterocycles. The molecule has 1 fully saturated rings. The van der Waals surface area contributed by atoms with Crippen LogP contribution in [0.1, 0.15) is 16.8 Å². The Morgan fingerprint density at radius 2 is 2.15 bits per heavy atom. The maximum Gasteiger partial charge on any atom is 0.292 e. The van der Waals surface area contributed by atoms with E-state index in [1.54, 1.807) is 0 Å². The van der Waals surface area contributed by atoms with Crippen molar-refractivity contribution in [1.29, 1.82) is 0 Å². The van der Waals surface area contributed by atoms with Gasteiger partial charge in [0.1, 0.15) is 5.69 Å². The molecule has 1 aliphatic rings. The van der Waals surface area contributed by atoms with Crippen LogP contribution < -0.4 is 11.1 Å². The number of benzene rings is 1. The van der Waals surface area contributed by atoms with Gasteiger partial charge in [-0.05, 0) is 6.07 Å². The van der Waals surface area contributed by atoms with Crippen molar-refractivity contribution in [3.05, 3.63) is 33.9 Å². The Hall–Kier alpha value is -2.64. The molecule has 3 N–H and O–H groups in total. The number of nitrogens with zero attached hydrogens (tertiary/aromatic N) is 2. The maximum atomic E-state index is 12.3. The molecule has 1 saturated heterocycles. The summed E-state index contributed by atoms with van der Waals surface area (Å²) in [5.74, 6) is -0.519. The standard InChI is InChI=1S/C12H14N4O4/c13-11-8(2-1-3-9(11)16(19)20)12(18)15-6-4-10(17)14-5-7-15/h1-3H,4-7,13H2,(H,14,17). The molecule has 1 aliphatic heterocycles. The van der Waals surface area contributed by atoms with Gasteiger partial charge in [-0.25, -0.2) is 0 Å². The molecule has 1 aromatic rings. The van der Waals surface area contributed by atoms with Crippen LogP contribution in [0.25, 0.3) is 0 Å². The molecule has 2 amide bonds. The molecule has 0 radical (unpaired) electrons. The molecule has 8 heteroatoms. The normalized spacial score (nSPS) is 15.4. The number of hydrogen-bond acceptors (Lipinski definition) is 5. The Kier molecular flexibility index (Phi) is 3.83. The third-order valence-electron chi connectivity index (χ3n) is 3.11. The molecule has 0 saturated carbocycles. The number of nitro benzene ring substituents is 1. The highest BCUT2D eigenvalue weighted by atomic mass is 16.6. The van der Waals surface area contributed by atoms with Crippen LogP contribution in [0.5, 0.6) is 0 Å². The topological polar surface area (TPSA) is 119 Å². The predicted molar refractivity (Wildman–Crippen MR) is 71.0 cm³/mol. The van der Waals surface area contributed by atoms with Gasteiger partial charge in [0.05, 0.1) is 10.5 Å². The van der Waals surface area contributed by atoms with Gasteiger partial charge in [-0.15, -0.1) is 0 Å². The lowest BCUT2D eigenvalue weighted by Gasteiger charge is -2.20. The number of para-hydroxylation sites is 1. The van der Waals surface area contributed by atoms with E-state index in [-0.39, 0.29) is 35.8 Å². The number of nitro groups is 1. The summed E-state index contributed by atoms with van der Waals surface area (Å²) >= 11 is 0. The quantitative estimate of drug-likeness (QED) is 0.453. The van der Waals surface area contributed by atoms with Crippen molar-refractivity contribution in [3.63, 3.8) is 0 Å². The molecule has 20 heavy (non-hydrogen) atoms. The molecule has 1 aromatic carbocycles. The van der Waals surface area contributed by atoms with E-state index < -0.39 is 10.8 Å². The fourth-order valence-corrected chi connectivity index (χ4v) is 2.04. The fourth-order valence-electron chi connectivity index (χ4n) is 2.04. The average Bonchev–Trinajstić information content (AvgIpc) is 2.63. The van der Waals surface area contributed by atoms with Gasteiger partial charge in [0.25, 0.3) is 11.6 Å². The third-order valence-corrected chi connectivity index (χ3v) is 3.11. The smallest absolute Gasteiger partial charge is 0.292 e. The molecule has 0 bridgehead atoms. The Labute approximate surface area is 114 Å². The second kappa shape index (κ2) is 5.55. The first-order valence-electron chi connectivity index (χ1n) is 6.09. The molecule has 0 atom stereocenters. The lowest BCUT2D eigenvalue weighted by molar-refractivity contribution is -0.383. The lowest BCUT2D eigenvalue weighted by Crippen LogP contribution is -2.34. The van der Waals surface area contributed by atoms with Gasteiger partial charge in [0.2, 0.25) is 5.91 Å². The van der Waals surface area contributed by atoms with Crippen molar-refractivity contribution >= 4 is 23.2 Å². The number of carbonyl (C=O) groups is 2. The number of nitrogens with one attached hydrogen (secondary N) is 1. The predicted octanol–water partition coefficient (Wildman–Crippen LogP) is 0.139. The highest BCUT2D eigenvalue weighted by Crippen LogP contribution is 2.25. The highest BCUT2D eigenvalue weighted by Gasteiger charge is 2.24. The van der Waals surface area contributed by atoms with Crippen LogP contribution in [0.4, 0.5) is 11.4 Å². The number of rotatable bonds is 2.